The van der Waals surface area contributed by atoms with Crippen molar-refractivity contribution in [2.45, 2.75) is 57.1 Å². The van der Waals surface area contributed by atoms with Gasteiger partial charge in [0.25, 0.3) is 0 Å². The highest BCUT2D eigenvalue weighted by atomic mass is 16.3. The van der Waals surface area contributed by atoms with Gasteiger partial charge in [-0.05, 0) is 78.5 Å². The molecule has 0 aromatic heterocycles. The molecule has 0 amide bonds. The summed E-state index contributed by atoms with van der Waals surface area (Å²) in [6.45, 7) is 1.99. The maximum Gasteiger partial charge on any atom is 0.115 e. The number of fused-ring (bicyclic) bond motifs is 5. The third-order valence-electron chi connectivity index (χ3n) is 6.35. The molecule has 114 valence electrons. The van der Waals surface area contributed by atoms with E-state index in [9.17, 15) is 15.3 Å². The number of aromatic hydroxyl groups is 1. The lowest BCUT2D eigenvalue weighted by molar-refractivity contribution is -0.0505. The lowest BCUT2D eigenvalue weighted by Gasteiger charge is -2.49. The van der Waals surface area contributed by atoms with Gasteiger partial charge in [0.1, 0.15) is 5.75 Å². The molecule has 0 spiro atoms. The molecular formula is C18H24O3. The normalized spacial score (nSPS) is 50.3. The van der Waals surface area contributed by atoms with E-state index in [4.69, 9.17) is 4.11 Å². The third-order valence-corrected chi connectivity index (χ3v) is 6.35. The smallest absolute Gasteiger partial charge is 0.115 e. The minimum atomic E-state index is -1.79. The molecule has 1 aromatic rings. The number of rotatable bonds is 0. The highest BCUT2D eigenvalue weighted by Gasteiger charge is 2.57. The van der Waals surface area contributed by atoms with Gasteiger partial charge in [-0.25, -0.2) is 0 Å². The second kappa shape index (κ2) is 4.47. The Morgan fingerprint density at radius 2 is 2.19 bits per heavy atom. The number of hydrogen-bond donors (Lipinski definition) is 3. The number of aliphatic hydroxyl groups excluding tert-OH is 1. The first kappa shape index (κ1) is 10.6. The molecule has 3 heteroatoms. The fourth-order valence-corrected chi connectivity index (χ4v) is 5.20. The van der Waals surface area contributed by atoms with E-state index in [-0.39, 0.29) is 42.0 Å². The molecule has 6 atom stereocenters. The Labute approximate surface area is 129 Å². The second-order valence-electron chi connectivity index (χ2n) is 7.25. The third kappa shape index (κ3) is 1.80. The predicted molar refractivity (Wildman–Crippen MR) is 80.1 cm³/mol. The van der Waals surface area contributed by atoms with Gasteiger partial charge < -0.3 is 15.3 Å². The Hall–Kier alpha value is -1.06. The Morgan fingerprint density at radius 3 is 3.00 bits per heavy atom. The fourth-order valence-electron chi connectivity index (χ4n) is 5.20. The average molecular weight is 291 g/mol. The molecular weight excluding hydrogens is 264 g/mol. The molecule has 0 heterocycles. The van der Waals surface area contributed by atoms with Crippen LogP contribution in [0.15, 0.2) is 18.2 Å². The van der Waals surface area contributed by atoms with Crippen LogP contribution in [0.1, 0.15) is 53.8 Å². The standard InChI is InChI=1S/C18H24O3/c1-18-7-6-13-12-5-3-11(19)8-10(12)2-4-14(13)15(18)9-16(20)17(18)21/h3,5,8,13-17,19-21H,2,4,6-7,9H2,1H3/t13-,14-,15+,16-,17+,18+/m1/s1/i3D,8D,16D. The minimum absolute atomic E-state index is 0.00353. The predicted octanol–water partition coefficient (Wildman–Crippen LogP) is 2.58. The van der Waals surface area contributed by atoms with Crippen molar-refractivity contribution in [1.29, 1.82) is 0 Å². The zero-order valence-corrected chi connectivity index (χ0v) is 12.3. The van der Waals surface area contributed by atoms with Crippen LogP contribution in [0.5, 0.6) is 5.75 Å². The van der Waals surface area contributed by atoms with E-state index in [0.29, 0.717) is 6.42 Å². The van der Waals surface area contributed by atoms with Crippen molar-refractivity contribution in [3.8, 4) is 5.75 Å². The van der Waals surface area contributed by atoms with E-state index in [1.165, 1.54) is 0 Å². The van der Waals surface area contributed by atoms with Gasteiger partial charge in [0.15, 0.2) is 0 Å². The molecule has 0 unspecified atom stereocenters. The Bertz CT molecular complexity index is 705. The van der Waals surface area contributed by atoms with E-state index >= 15 is 0 Å². The number of phenols is 1. The number of phenolic OH excluding ortho intramolecular Hbond substituents is 1. The van der Waals surface area contributed by atoms with Crippen molar-refractivity contribution in [2.24, 2.45) is 17.3 Å². The van der Waals surface area contributed by atoms with Crippen LogP contribution in [0, 0.1) is 17.3 Å². The van der Waals surface area contributed by atoms with Gasteiger partial charge in [0.2, 0.25) is 0 Å². The van der Waals surface area contributed by atoms with Crippen molar-refractivity contribution in [3.63, 3.8) is 0 Å². The van der Waals surface area contributed by atoms with Crippen LogP contribution in [0.4, 0.5) is 0 Å². The Morgan fingerprint density at radius 1 is 1.38 bits per heavy atom. The maximum absolute atomic E-state index is 10.5. The van der Waals surface area contributed by atoms with Gasteiger partial charge in [-0.2, -0.15) is 0 Å². The highest BCUT2D eigenvalue weighted by molar-refractivity contribution is 5.40. The number of benzene rings is 1. The van der Waals surface area contributed by atoms with Gasteiger partial charge >= 0.3 is 0 Å². The van der Waals surface area contributed by atoms with Gasteiger partial charge in [-0.1, -0.05) is 13.0 Å². The topological polar surface area (TPSA) is 60.7 Å². The summed E-state index contributed by atoms with van der Waals surface area (Å²) in [5.41, 5.74) is 1.38. The summed E-state index contributed by atoms with van der Waals surface area (Å²) >= 11 is 0. The number of hydrogen-bond acceptors (Lipinski definition) is 3. The first-order chi connectivity index (χ1) is 11.2. The molecule has 0 bridgehead atoms. The first-order valence-electron chi connectivity index (χ1n) is 9.39. The molecule has 1 aromatic carbocycles. The van der Waals surface area contributed by atoms with Crippen LogP contribution in [-0.2, 0) is 6.42 Å². The minimum Gasteiger partial charge on any atom is -0.508 e. The quantitative estimate of drug-likeness (QED) is 0.688. The van der Waals surface area contributed by atoms with Crippen molar-refractivity contribution in [1.82, 2.24) is 0 Å². The summed E-state index contributed by atoms with van der Waals surface area (Å²) in [6.07, 6.45) is 0.511. The van der Waals surface area contributed by atoms with Crippen LogP contribution in [0.3, 0.4) is 0 Å². The zero-order valence-electron chi connectivity index (χ0n) is 15.3. The summed E-state index contributed by atoms with van der Waals surface area (Å²) in [5, 5.41) is 30.7. The lowest BCUT2D eigenvalue weighted by Crippen LogP contribution is -2.44. The highest BCUT2D eigenvalue weighted by Crippen LogP contribution is 2.60. The monoisotopic (exact) mass is 291 g/mol. The van der Waals surface area contributed by atoms with Crippen molar-refractivity contribution < 1.29 is 19.4 Å². The molecule has 0 saturated heterocycles. The van der Waals surface area contributed by atoms with Crippen LogP contribution < -0.4 is 0 Å². The van der Waals surface area contributed by atoms with Crippen LogP contribution in [0.25, 0.3) is 0 Å². The summed E-state index contributed by atoms with van der Waals surface area (Å²) in [5.74, 6) is 0.249. The van der Waals surface area contributed by atoms with Crippen molar-refractivity contribution in [3.05, 3.63) is 29.3 Å². The second-order valence-corrected chi connectivity index (χ2v) is 7.25. The Balaban J connectivity index is 1.77. The van der Waals surface area contributed by atoms with E-state index in [2.05, 4.69) is 0 Å². The van der Waals surface area contributed by atoms with Crippen molar-refractivity contribution >= 4 is 0 Å². The van der Waals surface area contributed by atoms with E-state index in [0.717, 1.165) is 30.4 Å². The average Bonchev–Trinajstić information content (AvgIpc) is 2.72. The van der Waals surface area contributed by atoms with Crippen LogP contribution in [0.2, 0.25) is 0 Å². The fraction of sp³-hybridized carbons (Fsp3) is 0.667. The van der Waals surface area contributed by atoms with Gasteiger partial charge in [-0.3, -0.25) is 0 Å². The largest absolute Gasteiger partial charge is 0.508 e. The molecule has 3 N–H and O–H groups in total. The SMILES string of the molecule is [2H]c1cc2c(c([2H])c1O)CC[C@@H]1[C@@H]2CC[C@]2(C)[C@@H](O)[C@]([2H])(O)C[C@@H]12. The molecule has 3 aliphatic rings. The first-order valence-corrected chi connectivity index (χ1v) is 7.89. The van der Waals surface area contributed by atoms with Crippen molar-refractivity contribution in [2.75, 3.05) is 0 Å². The lowest BCUT2D eigenvalue weighted by atomic mass is 9.55. The molecule has 2 saturated carbocycles. The molecule has 3 nitrogen and oxygen atoms in total. The molecule has 21 heavy (non-hydrogen) atoms. The van der Waals surface area contributed by atoms with Gasteiger partial charge in [-0.15, -0.1) is 0 Å². The van der Waals surface area contributed by atoms with E-state index in [1.54, 1.807) is 6.07 Å². The summed E-state index contributed by atoms with van der Waals surface area (Å²) in [6, 6.07) is 1.77. The summed E-state index contributed by atoms with van der Waals surface area (Å²) in [7, 11) is 0. The van der Waals surface area contributed by atoms with Gasteiger partial charge in [0, 0.05) is 0 Å². The van der Waals surface area contributed by atoms with Crippen LogP contribution in [-0.4, -0.2) is 27.5 Å². The molecule has 2 fully saturated rings. The summed E-state index contributed by atoms with van der Waals surface area (Å²) in [4.78, 5) is 0. The molecule has 0 radical (unpaired) electrons. The summed E-state index contributed by atoms with van der Waals surface area (Å²) < 4.78 is 24.1. The zero-order chi connectivity index (χ0) is 17.4. The van der Waals surface area contributed by atoms with E-state index < -0.39 is 17.6 Å². The Kier molecular flexibility index (Phi) is 2.26. The molecule has 4 rings (SSSR count). The maximum atomic E-state index is 10.5. The number of aliphatic hydroxyl groups is 2. The molecule has 0 aliphatic heterocycles. The van der Waals surface area contributed by atoms with Gasteiger partial charge in [0.05, 0.1) is 16.3 Å². The van der Waals surface area contributed by atoms with E-state index in [1.807, 2.05) is 6.92 Å². The van der Waals surface area contributed by atoms with Crippen LogP contribution >= 0.6 is 0 Å². The molecule has 3 aliphatic carbocycles.